The number of thiophene rings is 1. The first-order valence-electron chi connectivity index (χ1n) is 7.02. The fourth-order valence-corrected chi connectivity index (χ4v) is 5.03. The van der Waals surface area contributed by atoms with Crippen molar-refractivity contribution < 1.29 is 0 Å². The van der Waals surface area contributed by atoms with Gasteiger partial charge in [-0.3, -0.25) is 4.90 Å². The predicted octanol–water partition coefficient (Wildman–Crippen LogP) is 4.40. The monoisotopic (exact) mass is 300 g/mol. The predicted molar refractivity (Wildman–Crippen MR) is 87.6 cm³/mol. The summed E-state index contributed by atoms with van der Waals surface area (Å²) in [5.74, 6) is 0. The van der Waals surface area contributed by atoms with Crippen LogP contribution in [0.2, 0.25) is 0 Å². The maximum absolute atomic E-state index is 4.81. The van der Waals surface area contributed by atoms with Gasteiger partial charge in [-0.1, -0.05) is 19.1 Å². The molecule has 0 bridgehead atoms. The Morgan fingerprint density at radius 2 is 2.20 bits per heavy atom. The van der Waals surface area contributed by atoms with Gasteiger partial charge in [0, 0.05) is 28.9 Å². The summed E-state index contributed by atoms with van der Waals surface area (Å²) < 4.78 is 1.29. The molecular formula is C16H16N2S2. The van der Waals surface area contributed by atoms with Crippen molar-refractivity contribution in [3.63, 3.8) is 0 Å². The summed E-state index contributed by atoms with van der Waals surface area (Å²) in [5.41, 5.74) is 4.04. The summed E-state index contributed by atoms with van der Waals surface area (Å²) in [6.07, 6.45) is 1.16. The summed E-state index contributed by atoms with van der Waals surface area (Å²) in [5, 5.41) is 3.50. The largest absolute Gasteiger partial charge is 0.298 e. The van der Waals surface area contributed by atoms with E-state index in [2.05, 4.69) is 41.5 Å². The fourth-order valence-electron chi connectivity index (χ4n) is 2.82. The van der Waals surface area contributed by atoms with Gasteiger partial charge in [-0.05, 0) is 30.7 Å². The van der Waals surface area contributed by atoms with E-state index in [1.807, 2.05) is 22.7 Å². The van der Waals surface area contributed by atoms with Gasteiger partial charge in [-0.15, -0.1) is 22.7 Å². The van der Waals surface area contributed by atoms with Crippen LogP contribution in [-0.4, -0.2) is 23.0 Å². The quantitative estimate of drug-likeness (QED) is 0.697. The molecule has 4 rings (SSSR count). The van der Waals surface area contributed by atoms with Crippen molar-refractivity contribution in [3.8, 4) is 10.6 Å². The van der Waals surface area contributed by atoms with Gasteiger partial charge in [0.05, 0.1) is 10.2 Å². The fraction of sp³-hybridized carbons (Fsp3) is 0.312. The number of hydrogen-bond acceptors (Lipinski definition) is 4. The minimum atomic E-state index is 1.11. The minimum Gasteiger partial charge on any atom is -0.298 e. The van der Waals surface area contributed by atoms with E-state index >= 15 is 0 Å². The SMILES string of the molecule is CCN1CCc2c(-c3nc4ccccc4s3)csc2C1. The molecule has 0 radical (unpaired) electrons. The van der Waals surface area contributed by atoms with Crippen molar-refractivity contribution >= 4 is 32.9 Å². The molecule has 0 fully saturated rings. The van der Waals surface area contributed by atoms with E-state index < -0.39 is 0 Å². The third-order valence-corrected chi connectivity index (χ3v) is 6.08. The summed E-state index contributed by atoms with van der Waals surface area (Å²) in [6, 6.07) is 8.42. The second-order valence-corrected chi connectivity index (χ2v) is 7.15. The van der Waals surface area contributed by atoms with Gasteiger partial charge in [-0.25, -0.2) is 4.98 Å². The van der Waals surface area contributed by atoms with E-state index in [0.29, 0.717) is 0 Å². The highest BCUT2D eigenvalue weighted by atomic mass is 32.1. The molecule has 0 saturated carbocycles. The molecule has 3 heterocycles. The van der Waals surface area contributed by atoms with Crippen molar-refractivity contribution in [2.75, 3.05) is 13.1 Å². The lowest BCUT2D eigenvalue weighted by Crippen LogP contribution is -2.29. The van der Waals surface area contributed by atoms with E-state index in [0.717, 1.165) is 25.0 Å². The average Bonchev–Trinajstić information content (AvgIpc) is 3.09. The van der Waals surface area contributed by atoms with Crippen molar-refractivity contribution in [1.82, 2.24) is 9.88 Å². The van der Waals surface area contributed by atoms with E-state index in [9.17, 15) is 0 Å². The van der Waals surface area contributed by atoms with Gasteiger partial charge in [0.1, 0.15) is 5.01 Å². The van der Waals surface area contributed by atoms with Gasteiger partial charge in [0.25, 0.3) is 0 Å². The molecule has 0 atom stereocenters. The molecule has 1 aliphatic rings. The molecule has 0 unspecified atom stereocenters. The Kier molecular flexibility index (Phi) is 3.10. The Balaban J connectivity index is 1.78. The third-order valence-electron chi connectivity index (χ3n) is 4.00. The normalized spacial score (nSPS) is 15.7. The first-order valence-corrected chi connectivity index (χ1v) is 8.72. The molecule has 4 heteroatoms. The number of nitrogens with zero attached hydrogens (tertiary/aromatic N) is 2. The Morgan fingerprint density at radius 1 is 1.30 bits per heavy atom. The van der Waals surface area contributed by atoms with Gasteiger partial charge in [-0.2, -0.15) is 0 Å². The van der Waals surface area contributed by atoms with Crippen molar-refractivity contribution in [3.05, 3.63) is 40.1 Å². The molecule has 0 spiro atoms. The van der Waals surface area contributed by atoms with E-state index in [4.69, 9.17) is 4.98 Å². The summed E-state index contributed by atoms with van der Waals surface area (Å²) >= 11 is 3.72. The molecule has 1 aromatic carbocycles. The zero-order valence-electron chi connectivity index (χ0n) is 11.4. The van der Waals surface area contributed by atoms with Crippen molar-refractivity contribution in [1.29, 1.82) is 0 Å². The third kappa shape index (κ3) is 1.99. The number of para-hydroxylation sites is 1. The van der Waals surface area contributed by atoms with Crippen LogP contribution in [0.1, 0.15) is 17.4 Å². The van der Waals surface area contributed by atoms with Crippen LogP contribution in [-0.2, 0) is 13.0 Å². The first kappa shape index (κ1) is 12.5. The lowest BCUT2D eigenvalue weighted by atomic mass is 10.0. The highest BCUT2D eigenvalue weighted by Gasteiger charge is 2.21. The molecular weight excluding hydrogens is 284 g/mol. The van der Waals surface area contributed by atoms with Gasteiger partial charge >= 0.3 is 0 Å². The zero-order valence-corrected chi connectivity index (χ0v) is 13.1. The summed E-state index contributed by atoms with van der Waals surface area (Å²) in [4.78, 5) is 8.86. The van der Waals surface area contributed by atoms with Gasteiger partial charge in [0.2, 0.25) is 0 Å². The van der Waals surface area contributed by atoms with Crippen LogP contribution in [0.3, 0.4) is 0 Å². The molecule has 0 amide bonds. The molecule has 2 aromatic heterocycles. The van der Waals surface area contributed by atoms with Crippen LogP contribution in [0.5, 0.6) is 0 Å². The van der Waals surface area contributed by atoms with Gasteiger partial charge < -0.3 is 0 Å². The summed E-state index contributed by atoms with van der Waals surface area (Å²) in [6.45, 7) is 5.68. The first-order chi connectivity index (χ1) is 9.85. The molecule has 3 aromatic rings. The number of likely N-dealkylation sites (N-methyl/N-ethyl adjacent to an activating group) is 1. The highest BCUT2D eigenvalue weighted by molar-refractivity contribution is 7.22. The molecule has 102 valence electrons. The molecule has 20 heavy (non-hydrogen) atoms. The molecule has 0 saturated heterocycles. The lowest BCUT2D eigenvalue weighted by Gasteiger charge is -2.25. The van der Waals surface area contributed by atoms with Crippen LogP contribution in [0.15, 0.2) is 29.6 Å². The lowest BCUT2D eigenvalue weighted by molar-refractivity contribution is 0.272. The Labute approximate surface area is 126 Å². The minimum absolute atomic E-state index is 1.11. The van der Waals surface area contributed by atoms with Crippen LogP contribution >= 0.6 is 22.7 Å². The van der Waals surface area contributed by atoms with E-state index in [1.165, 1.54) is 26.7 Å². The number of benzene rings is 1. The van der Waals surface area contributed by atoms with Crippen LogP contribution < -0.4 is 0 Å². The van der Waals surface area contributed by atoms with E-state index in [1.54, 1.807) is 5.56 Å². The second-order valence-electron chi connectivity index (χ2n) is 5.16. The van der Waals surface area contributed by atoms with Crippen molar-refractivity contribution in [2.24, 2.45) is 0 Å². The number of aromatic nitrogens is 1. The van der Waals surface area contributed by atoms with Crippen LogP contribution in [0, 0.1) is 0 Å². The summed E-state index contributed by atoms with van der Waals surface area (Å²) in [7, 11) is 0. The van der Waals surface area contributed by atoms with Crippen LogP contribution in [0.4, 0.5) is 0 Å². The molecule has 0 aliphatic carbocycles. The Morgan fingerprint density at radius 3 is 3.05 bits per heavy atom. The number of hydrogen-bond donors (Lipinski definition) is 0. The number of rotatable bonds is 2. The van der Waals surface area contributed by atoms with E-state index in [-0.39, 0.29) is 0 Å². The number of thiazole rings is 1. The zero-order chi connectivity index (χ0) is 13.5. The average molecular weight is 300 g/mol. The van der Waals surface area contributed by atoms with Crippen LogP contribution in [0.25, 0.3) is 20.8 Å². The molecule has 1 aliphatic heterocycles. The topological polar surface area (TPSA) is 16.1 Å². The standard InChI is InChI=1S/C16H16N2S2/c1-2-18-8-7-11-12(10-19-15(11)9-18)16-17-13-5-3-4-6-14(13)20-16/h3-6,10H,2,7-9H2,1H3. The number of fused-ring (bicyclic) bond motifs is 2. The molecule has 2 nitrogen and oxygen atoms in total. The van der Waals surface area contributed by atoms with Gasteiger partial charge in [0.15, 0.2) is 0 Å². The van der Waals surface area contributed by atoms with Crippen molar-refractivity contribution in [2.45, 2.75) is 19.9 Å². The highest BCUT2D eigenvalue weighted by Crippen LogP contribution is 2.38. The Hall–Kier alpha value is -1.23. The smallest absolute Gasteiger partial charge is 0.125 e. The maximum atomic E-state index is 4.81. The molecule has 0 N–H and O–H groups in total. The Bertz CT molecular complexity index is 724. The maximum Gasteiger partial charge on any atom is 0.125 e. The second kappa shape index (κ2) is 4.95.